The molecule has 1 aromatic carbocycles. The monoisotopic (exact) mass is 348 g/mol. The van der Waals surface area contributed by atoms with Gasteiger partial charge in [-0.15, -0.1) is 12.4 Å². The second kappa shape index (κ2) is 12.0. The van der Waals surface area contributed by atoms with Crippen LogP contribution in [0.4, 0.5) is 5.69 Å². The standard InChI is InChI=1S/C15H24N2O5.ClH/c1-19-6-7-22-14-8-11(4-5-13(14)21-3)17-15(18)9-12(10-16)20-2;/h4-5,8,12H,6-7,9-10,16H2,1-3H3,(H,17,18);1H. The lowest BCUT2D eigenvalue weighted by Crippen LogP contribution is -2.28. The van der Waals surface area contributed by atoms with Crippen LogP contribution >= 0.6 is 12.4 Å². The molecule has 0 aromatic heterocycles. The number of nitrogens with one attached hydrogen (secondary N) is 1. The topological polar surface area (TPSA) is 92.0 Å². The number of methoxy groups -OCH3 is 3. The first-order valence-electron chi connectivity index (χ1n) is 6.97. The molecule has 0 fully saturated rings. The molecular formula is C15H25ClN2O5. The van der Waals surface area contributed by atoms with E-state index < -0.39 is 0 Å². The third-order valence-electron chi connectivity index (χ3n) is 3.00. The van der Waals surface area contributed by atoms with Gasteiger partial charge in [0, 0.05) is 32.5 Å². The minimum atomic E-state index is -0.296. The van der Waals surface area contributed by atoms with Gasteiger partial charge >= 0.3 is 0 Å². The molecular weight excluding hydrogens is 324 g/mol. The molecule has 0 saturated heterocycles. The molecule has 8 heteroatoms. The lowest BCUT2D eigenvalue weighted by Gasteiger charge is -2.14. The van der Waals surface area contributed by atoms with Crippen molar-refractivity contribution in [2.24, 2.45) is 5.73 Å². The summed E-state index contributed by atoms with van der Waals surface area (Å²) in [6.07, 6.45) is -0.102. The third kappa shape index (κ3) is 7.51. The molecule has 23 heavy (non-hydrogen) atoms. The first-order valence-corrected chi connectivity index (χ1v) is 6.97. The van der Waals surface area contributed by atoms with Gasteiger partial charge in [-0.3, -0.25) is 4.79 Å². The van der Waals surface area contributed by atoms with Gasteiger partial charge in [0.1, 0.15) is 6.61 Å². The van der Waals surface area contributed by atoms with Crippen molar-refractivity contribution in [2.75, 3.05) is 46.4 Å². The first-order chi connectivity index (χ1) is 10.6. The highest BCUT2D eigenvalue weighted by molar-refractivity contribution is 5.91. The van der Waals surface area contributed by atoms with Gasteiger partial charge in [0.2, 0.25) is 5.91 Å². The predicted molar refractivity (Wildman–Crippen MR) is 90.7 cm³/mol. The van der Waals surface area contributed by atoms with Crippen molar-refractivity contribution in [1.29, 1.82) is 0 Å². The van der Waals surface area contributed by atoms with Crippen LogP contribution in [0.15, 0.2) is 18.2 Å². The lowest BCUT2D eigenvalue weighted by atomic mass is 10.2. The largest absolute Gasteiger partial charge is 0.493 e. The number of amides is 1. The molecule has 1 amide bonds. The molecule has 3 N–H and O–H groups in total. The average Bonchev–Trinajstić information content (AvgIpc) is 2.53. The summed E-state index contributed by atoms with van der Waals surface area (Å²) in [6, 6.07) is 5.18. The van der Waals surface area contributed by atoms with Crippen LogP contribution < -0.4 is 20.5 Å². The Hall–Kier alpha value is -1.54. The van der Waals surface area contributed by atoms with E-state index >= 15 is 0 Å². The molecule has 0 saturated carbocycles. The maximum absolute atomic E-state index is 11.9. The molecule has 0 aliphatic carbocycles. The van der Waals surface area contributed by atoms with Gasteiger partial charge in [-0.25, -0.2) is 0 Å². The molecule has 0 radical (unpaired) electrons. The highest BCUT2D eigenvalue weighted by atomic mass is 35.5. The van der Waals surface area contributed by atoms with Gasteiger partial charge in [0.25, 0.3) is 0 Å². The van der Waals surface area contributed by atoms with E-state index in [9.17, 15) is 4.79 Å². The summed E-state index contributed by atoms with van der Waals surface area (Å²) in [6.45, 7) is 1.15. The van der Waals surface area contributed by atoms with Gasteiger partial charge in [0.15, 0.2) is 11.5 Å². The van der Waals surface area contributed by atoms with E-state index in [0.29, 0.717) is 30.4 Å². The summed E-state index contributed by atoms with van der Waals surface area (Å²) in [4.78, 5) is 11.9. The van der Waals surface area contributed by atoms with Crippen molar-refractivity contribution >= 4 is 24.0 Å². The highest BCUT2D eigenvalue weighted by Crippen LogP contribution is 2.30. The summed E-state index contributed by atoms with van der Waals surface area (Å²) < 4.78 is 20.8. The zero-order chi connectivity index (χ0) is 16.4. The number of nitrogens with two attached hydrogens (primary N) is 1. The van der Waals surface area contributed by atoms with E-state index in [4.69, 9.17) is 24.7 Å². The van der Waals surface area contributed by atoms with Gasteiger partial charge < -0.3 is 30.0 Å². The van der Waals surface area contributed by atoms with Crippen LogP contribution in [0.5, 0.6) is 11.5 Å². The fourth-order valence-corrected chi connectivity index (χ4v) is 1.78. The number of carbonyl (C=O) groups excluding carboxylic acids is 1. The Morgan fingerprint density at radius 3 is 2.52 bits per heavy atom. The zero-order valence-electron chi connectivity index (χ0n) is 13.7. The van der Waals surface area contributed by atoms with Gasteiger partial charge in [-0.1, -0.05) is 0 Å². The Balaban J connectivity index is 0.00000484. The summed E-state index contributed by atoms with van der Waals surface area (Å²) in [7, 11) is 4.68. The molecule has 1 aromatic rings. The average molecular weight is 349 g/mol. The third-order valence-corrected chi connectivity index (χ3v) is 3.00. The lowest BCUT2D eigenvalue weighted by molar-refractivity contribution is -0.118. The Labute approximate surface area is 142 Å². The second-order valence-corrected chi connectivity index (χ2v) is 4.55. The highest BCUT2D eigenvalue weighted by Gasteiger charge is 2.13. The minimum absolute atomic E-state index is 0. The molecule has 132 valence electrons. The van der Waals surface area contributed by atoms with Gasteiger partial charge in [-0.2, -0.15) is 0 Å². The number of rotatable bonds is 10. The zero-order valence-corrected chi connectivity index (χ0v) is 14.5. The molecule has 0 spiro atoms. The van der Waals surface area contributed by atoms with Crippen molar-refractivity contribution in [1.82, 2.24) is 0 Å². The number of anilines is 1. The van der Waals surface area contributed by atoms with E-state index in [2.05, 4.69) is 5.32 Å². The fourth-order valence-electron chi connectivity index (χ4n) is 1.78. The maximum Gasteiger partial charge on any atom is 0.227 e. The number of carbonyl (C=O) groups is 1. The Kier molecular flexibility index (Phi) is 11.2. The quantitative estimate of drug-likeness (QED) is 0.622. The summed E-state index contributed by atoms with van der Waals surface area (Å²) in [5.74, 6) is 0.954. The minimum Gasteiger partial charge on any atom is -0.493 e. The molecule has 1 rings (SSSR count). The number of benzene rings is 1. The smallest absolute Gasteiger partial charge is 0.227 e. The van der Waals surface area contributed by atoms with Gasteiger partial charge in [0.05, 0.1) is 26.2 Å². The molecule has 0 bridgehead atoms. The van der Waals surface area contributed by atoms with Crippen molar-refractivity contribution in [2.45, 2.75) is 12.5 Å². The van der Waals surface area contributed by atoms with Gasteiger partial charge in [-0.05, 0) is 12.1 Å². The van der Waals surface area contributed by atoms with E-state index in [-0.39, 0.29) is 37.4 Å². The van der Waals surface area contributed by atoms with Crippen molar-refractivity contribution in [3.05, 3.63) is 18.2 Å². The Bertz CT molecular complexity index is 469. The molecule has 0 aliphatic heterocycles. The fraction of sp³-hybridized carbons (Fsp3) is 0.533. The van der Waals surface area contributed by atoms with Crippen LogP contribution in [0.2, 0.25) is 0 Å². The summed E-state index contributed by atoms with van der Waals surface area (Å²) >= 11 is 0. The molecule has 1 atom stereocenters. The van der Waals surface area contributed by atoms with Crippen molar-refractivity contribution in [3.63, 3.8) is 0 Å². The van der Waals surface area contributed by atoms with E-state index in [1.165, 1.54) is 7.11 Å². The number of halogens is 1. The SMILES string of the molecule is COCCOc1cc(NC(=O)CC(CN)OC)ccc1OC.Cl. The van der Waals surface area contributed by atoms with Crippen LogP contribution in [-0.4, -0.2) is 53.1 Å². The van der Waals surface area contributed by atoms with E-state index in [1.807, 2.05) is 0 Å². The van der Waals surface area contributed by atoms with Crippen LogP contribution in [0.1, 0.15) is 6.42 Å². The van der Waals surface area contributed by atoms with Crippen LogP contribution in [0.3, 0.4) is 0 Å². The Morgan fingerprint density at radius 2 is 1.96 bits per heavy atom. The first kappa shape index (κ1) is 21.5. The van der Waals surface area contributed by atoms with Crippen molar-refractivity contribution in [3.8, 4) is 11.5 Å². The summed E-state index contributed by atoms with van der Waals surface area (Å²) in [5, 5.41) is 2.78. The maximum atomic E-state index is 11.9. The molecule has 1 unspecified atom stereocenters. The van der Waals surface area contributed by atoms with Crippen LogP contribution in [0, 0.1) is 0 Å². The number of ether oxygens (including phenoxy) is 4. The Morgan fingerprint density at radius 1 is 1.22 bits per heavy atom. The molecule has 0 aliphatic rings. The van der Waals surface area contributed by atoms with Crippen LogP contribution in [0.25, 0.3) is 0 Å². The molecule has 7 nitrogen and oxygen atoms in total. The van der Waals surface area contributed by atoms with E-state index in [0.717, 1.165) is 0 Å². The normalized spacial score (nSPS) is 11.3. The predicted octanol–water partition coefficient (Wildman–Crippen LogP) is 1.44. The second-order valence-electron chi connectivity index (χ2n) is 4.55. The van der Waals surface area contributed by atoms with Crippen LogP contribution in [-0.2, 0) is 14.3 Å². The molecule has 0 heterocycles. The summed E-state index contributed by atoms with van der Waals surface area (Å²) in [5.41, 5.74) is 6.12. The number of hydrogen-bond donors (Lipinski definition) is 2. The van der Waals surface area contributed by atoms with E-state index in [1.54, 1.807) is 32.4 Å². The van der Waals surface area contributed by atoms with Crippen molar-refractivity contribution < 1.29 is 23.7 Å². The number of hydrogen-bond acceptors (Lipinski definition) is 6.